The first-order valence-electron chi connectivity index (χ1n) is 2.70. The van der Waals surface area contributed by atoms with Crippen molar-refractivity contribution in [3.63, 3.8) is 0 Å². The van der Waals surface area contributed by atoms with Crippen LogP contribution < -0.4 is 0 Å². The fourth-order valence-corrected chi connectivity index (χ4v) is 0. The van der Waals surface area contributed by atoms with Crippen LogP contribution in [0.5, 0.6) is 0 Å². The molecule has 11 heavy (non-hydrogen) atoms. The van der Waals surface area contributed by atoms with Gasteiger partial charge >= 0.3 is 0 Å². The van der Waals surface area contributed by atoms with E-state index in [0.717, 1.165) is 0 Å². The van der Waals surface area contributed by atoms with Gasteiger partial charge in [-0.3, -0.25) is 0 Å². The average molecular weight is 170 g/mol. The molecule has 0 aromatic heterocycles. The summed E-state index contributed by atoms with van der Waals surface area (Å²) in [6.45, 7) is 13.0. The van der Waals surface area contributed by atoms with Gasteiger partial charge in [-0.1, -0.05) is 50.1 Å². The number of allylic oxidation sites excluding steroid dienone is 3. The minimum atomic E-state index is 1.18. The van der Waals surface area contributed by atoms with E-state index < -0.39 is 0 Å². The van der Waals surface area contributed by atoms with Gasteiger partial charge in [0.2, 0.25) is 0 Å². The van der Waals surface area contributed by atoms with Crippen molar-refractivity contribution >= 4 is 11.6 Å². The van der Waals surface area contributed by atoms with E-state index >= 15 is 0 Å². The largest absolute Gasteiger partial charge is 0.193 e. The lowest BCUT2D eigenvalue weighted by Crippen LogP contribution is -1.23. The van der Waals surface area contributed by atoms with Crippen molar-refractivity contribution in [2.75, 3.05) is 0 Å². The third-order valence-electron chi connectivity index (χ3n) is 0.258. The van der Waals surface area contributed by atoms with Crippen LogP contribution in [-0.2, 0) is 0 Å². The Balaban J connectivity index is -0.0000000886. The first kappa shape index (κ1) is 16.4. The van der Waals surface area contributed by atoms with Crippen LogP contribution in [0, 0.1) is 11.3 Å². The van der Waals surface area contributed by atoms with Crippen molar-refractivity contribution < 1.29 is 0 Å². The van der Waals surface area contributed by atoms with Gasteiger partial charge in [-0.05, 0) is 5.54 Å². The smallest absolute Gasteiger partial charge is 0.0905 e. The highest BCUT2D eigenvalue weighted by molar-refractivity contribution is 6.25. The highest BCUT2D eigenvalue weighted by Gasteiger charge is 1.34. The summed E-state index contributed by atoms with van der Waals surface area (Å²) in [5, 5.41) is 7.51. The molecule has 0 spiro atoms. The lowest BCUT2D eigenvalue weighted by Gasteiger charge is -1.44. The summed E-state index contributed by atoms with van der Waals surface area (Å²) in [4.78, 5) is 0. The van der Waals surface area contributed by atoms with E-state index in [4.69, 9.17) is 16.9 Å². The second-order valence-electron chi connectivity index (χ2n) is 0.959. The number of nitrogens with zero attached hydrogens (tertiary/aromatic N) is 1. The van der Waals surface area contributed by atoms with Crippen molar-refractivity contribution in [2.24, 2.45) is 0 Å². The van der Waals surface area contributed by atoms with E-state index in [1.165, 1.54) is 11.6 Å². The van der Waals surface area contributed by atoms with Crippen molar-refractivity contribution in [1.29, 1.82) is 5.26 Å². The molecule has 0 aromatic carbocycles. The molecule has 0 unspecified atom stereocenters. The van der Waals surface area contributed by atoms with Crippen molar-refractivity contribution in [3.05, 3.63) is 50.1 Å². The summed E-state index contributed by atoms with van der Waals surface area (Å²) in [6.07, 6.45) is 4.46. The van der Waals surface area contributed by atoms with Gasteiger partial charge in [0, 0.05) is 6.08 Å². The molecule has 0 amide bonds. The van der Waals surface area contributed by atoms with Crippen molar-refractivity contribution in [1.82, 2.24) is 0 Å². The Kier molecular flexibility index (Phi) is 55.7. The summed E-state index contributed by atoms with van der Waals surface area (Å²) >= 11 is 4.76. The van der Waals surface area contributed by atoms with E-state index in [2.05, 4.69) is 26.3 Å². The predicted molar refractivity (Wildman–Crippen MR) is 52.3 cm³/mol. The van der Waals surface area contributed by atoms with Gasteiger partial charge in [0.25, 0.3) is 0 Å². The number of nitriles is 1. The lowest BCUT2D eigenvalue weighted by molar-refractivity contribution is 1.54. The summed E-state index contributed by atoms with van der Waals surface area (Å²) in [7, 11) is 0. The van der Waals surface area contributed by atoms with E-state index in [9.17, 15) is 0 Å². The molecule has 0 aromatic rings. The van der Waals surface area contributed by atoms with E-state index in [1.807, 2.05) is 0 Å². The topological polar surface area (TPSA) is 23.8 Å². The fraction of sp³-hybridized carbons (Fsp3) is 0. The Labute approximate surface area is 73.6 Å². The number of rotatable bonds is 1. The molecule has 0 atom stereocenters. The van der Waals surface area contributed by atoms with Crippen LogP contribution in [0.1, 0.15) is 0 Å². The third kappa shape index (κ3) is 725. The molecule has 0 fully saturated rings. The highest BCUT2D eigenvalue weighted by atomic mass is 35.5. The number of hydrogen-bond donors (Lipinski definition) is 0. The summed E-state index contributed by atoms with van der Waals surface area (Å²) < 4.78 is 0. The molecule has 0 aliphatic heterocycles. The Bertz CT molecular complexity index is 136. The van der Waals surface area contributed by atoms with Crippen LogP contribution in [0.3, 0.4) is 0 Å². The molecule has 0 saturated carbocycles. The molecule has 0 saturated heterocycles. The van der Waals surface area contributed by atoms with Crippen LogP contribution in [0.2, 0.25) is 0 Å². The molecule has 0 N–H and O–H groups in total. The van der Waals surface area contributed by atoms with Crippen molar-refractivity contribution in [3.8, 4) is 6.07 Å². The number of hydrogen-bond acceptors (Lipinski definition) is 1. The van der Waals surface area contributed by atoms with Gasteiger partial charge in [0.15, 0.2) is 0 Å². The molecule has 0 aliphatic carbocycles. The summed E-state index contributed by atoms with van der Waals surface area (Å²) in [5.74, 6) is 0. The van der Waals surface area contributed by atoms with E-state index in [1.54, 1.807) is 18.2 Å². The van der Waals surface area contributed by atoms with Crippen LogP contribution in [0.15, 0.2) is 50.1 Å². The van der Waals surface area contributed by atoms with Crippen LogP contribution in [-0.4, -0.2) is 0 Å². The molecule has 60 valence electrons. The van der Waals surface area contributed by atoms with Gasteiger partial charge in [-0.2, -0.15) is 5.26 Å². The Morgan fingerprint density at radius 3 is 1.27 bits per heavy atom. The minimum absolute atomic E-state index is 1.18. The van der Waals surface area contributed by atoms with Gasteiger partial charge in [0.05, 0.1) is 6.07 Å². The van der Waals surface area contributed by atoms with Gasteiger partial charge in [0.1, 0.15) is 0 Å². The van der Waals surface area contributed by atoms with E-state index in [-0.39, 0.29) is 0 Å². The first-order valence-corrected chi connectivity index (χ1v) is 3.13. The normalized spacial score (nSPS) is 4.36. The zero-order valence-corrected chi connectivity index (χ0v) is 7.22. The second-order valence-corrected chi connectivity index (χ2v) is 1.27. The monoisotopic (exact) mass is 169 g/mol. The average Bonchev–Trinajstić information content (AvgIpc) is 2.06. The standard InChI is InChI=1S/C4H6.C3H3N.C2H3Cl/c1-3-4-2;1-2-3-4;1-2-3/h3-4H,1-2H2;2H,1H2;2H,1H2. The fourth-order valence-electron chi connectivity index (χ4n) is 0. The molecular weight excluding hydrogens is 158 g/mol. The number of halogens is 1. The van der Waals surface area contributed by atoms with Gasteiger partial charge in [-0.25, -0.2) is 0 Å². The van der Waals surface area contributed by atoms with Crippen molar-refractivity contribution in [2.45, 2.75) is 0 Å². The molecule has 0 heterocycles. The van der Waals surface area contributed by atoms with E-state index in [0.29, 0.717) is 0 Å². The highest BCUT2D eigenvalue weighted by Crippen LogP contribution is 1.60. The molecule has 0 bridgehead atoms. The SMILES string of the molecule is C=CC#N.C=CC=C.C=CCl. The molecule has 1 nitrogen and oxygen atoms in total. The predicted octanol–water partition coefficient (Wildman–Crippen LogP) is 3.42. The lowest BCUT2D eigenvalue weighted by atomic mass is 10.6. The summed E-state index contributed by atoms with van der Waals surface area (Å²) in [5.41, 5.74) is 1.22. The zero-order valence-electron chi connectivity index (χ0n) is 6.46. The summed E-state index contributed by atoms with van der Waals surface area (Å²) in [6, 6.07) is 1.69. The second kappa shape index (κ2) is 37.4. The molecule has 2 heteroatoms. The Morgan fingerprint density at radius 1 is 1.09 bits per heavy atom. The van der Waals surface area contributed by atoms with Crippen LogP contribution in [0.4, 0.5) is 0 Å². The molecular formula is C9H12ClN. The minimum Gasteiger partial charge on any atom is -0.193 e. The maximum Gasteiger partial charge on any atom is 0.0905 e. The zero-order chi connectivity index (χ0) is 9.54. The maximum atomic E-state index is 7.51. The quantitative estimate of drug-likeness (QED) is 0.436. The van der Waals surface area contributed by atoms with Gasteiger partial charge in [-0.15, -0.1) is 0 Å². The maximum absolute atomic E-state index is 7.51. The molecule has 0 radical (unpaired) electrons. The third-order valence-corrected chi connectivity index (χ3v) is 0.258. The molecule has 0 aliphatic rings. The van der Waals surface area contributed by atoms with Gasteiger partial charge < -0.3 is 0 Å². The molecule has 0 rings (SSSR count). The first-order chi connectivity index (χ1) is 5.24. The van der Waals surface area contributed by atoms with Crippen LogP contribution >= 0.6 is 11.6 Å². The Morgan fingerprint density at radius 2 is 1.27 bits per heavy atom. The van der Waals surface area contributed by atoms with Crippen LogP contribution in [0.25, 0.3) is 0 Å². The Hall–Kier alpha value is -1.26.